The van der Waals surface area contributed by atoms with Gasteiger partial charge in [-0.1, -0.05) is 60.7 Å². The van der Waals surface area contributed by atoms with Crippen molar-refractivity contribution in [1.29, 1.82) is 0 Å². The molecule has 1 N–H and O–H groups in total. The maximum atomic E-state index is 13.1. The van der Waals surface area contributed by atoms with Gasteiger partial charge >= 0.3 is 6.03 Å². The molecule has 1 fully saturated rings. The van der Waals surface area contributed by atoms with Gasteiger partial charge in [0.25, 0.3) is 5.91 Å². The maximum Gasteiger partial charge on any atom is 0.325 e. The van der Waals surface area contributed by atoms with Crippen LogP contribution in [0.15, 0.2) is 60.7 Å². The van der Waals surface area contributed by atoms with Crippen molar-refractivity contribution < 1.29 is 14.4 Å². The molecule has 0 bridgehead atoms. The van der Waals surface area contributed by atoms with Crippen molar-refractivity contribution in [3.63, 3.8) is 0 Å². The van der Waals surface area contributed by atoms with E-state index >= 15 is 0 Å². The van der Waals surface area contributed by atoms with Crippen LogP contribution < -0.4 is 5.32 Å². The third-order valence-electron chi connectivity index (χ3n) is 5.31. The number of nitrogens with one attached hydrogen (secondary N) is 1. The van der Waals surface area contributed by atoms with Gasteiger partial charge in [0.1, 0.15) is 12.1 Å². The highest BCUT2D eigenvalue weighted by molar-refractivity contribution is 6.09. The number of hydrogen-bond donors (Lipinski definition) is 1. The highest BCUT2D eigenvalue weighted by Crippen LogP contribution is 2.28. The van der Waals surface area contributed by atoms with Crippen molar-refractivity contribution in [2.75, 3.05) is 33.7 Å². The maximum absolute atomic E-state index is 13.1. The Hall–Kier alpha value is -3.19. The van der Waals surface area contributed by atoms with Crippen LogP contribution in [0.4, 0.5) is 4.79 Å². The lowest BCUT2D eigenvalue weighted by atomic mass is 9.92. The minimum atomic E-state index is -1.17. The summed E-state index contributed by atoms with van der Waals surface area (Å²) in [6.45, 7) is 2.99. The van der Waals surface area contributed by atoms with Crippen LogP contribution in [0.1, 0.15) is 18.1 Å². The van der Waals surface area contributed by atoms with E-state index in [1.54, 1.807) is 24.0 Å². The molecule has 1 unspecified atom stereocenters. The zero-order chi connectivity index (χ0) is 21.7. The van der Waals surface area contributed by atoms with E-state index in [4.69, 9.17) is 0 Å². The molecule has 1 aliphatic rings. The molecule has 2 aromatic carbocycles. The smallest absolute Gasteiger partial charge is 0.325 e. The normalized spacial score (nSPS) is 18.6. The zero-order valence-electron chi connectivity index (χ0n) is 17.7. The molecule has 7 nitrogen and oxygen atoms in total. The van der Waals surface area contributed by atoms with E-state index in [2.05, 4.69) is 5.32 Å². The molecular formula is C23H28N4O3. The van der Waals surface area contributed by atoms with Crippen LogP contribution in [0.3, 0.4) is 0 Å². The molecule has 0 aromatic heterocycles. The average Bonchev–Trinajstić information content (AvgIpc) is 2.96. The third-order valence-corrected chi connectivity index (χ3v) is 5.31. The van der Waals surface area contributed by atoms with E-state index in [0.29, 0.717) is 25.2 Å². The monoisotopic (exact) mass is 408 g/mol. The number of benzene rings is 2. The lowest BCUT2D eigenvalue weighted by Crippen LogP contribution is -2.45. The van der Waals surface area contributed by atoms with Gasteiger partial charge in [-0.05, 0) is 32.1 Å². The van der Waals surface area contributed by atoms with E-state index in [-0.39, 0.29) is 12.5 Å². The summed E-state index contributed by atoms with van der Waals surface area (Å²) in [6, 6.07) is 18.2. The predicted octanol–water partition coefficient (Wildman–Crippen LogP) is 2.04. The third kappa shape index (κ3) is 4.68. The number of nitrogens with zero attached hydrogens (tertiary/aromatic N) is 3. The summed E-state index contributed by atoms with van der Waals surface area (Å²) >= 11 is 0. The molecule has 1 heterocycles. The molecule has 7 heteroatoms. The molecular weight excluding hydrogens is 380 g/mol. The predicted molar refractivity (Wildman–Crippen MR) is 114 cm³/mol. The van der Waals surface area contributed by atoms with E-state index in [1.165, 1.54) is 0 Å². The number of carbonyl (C=O) groups is 3. The Labute approximate surface area is 177 Å². The number of amides is 4. The van der Waals surface area contributed by atoms with Gasteiger partial charge in [0.15, 0.2) is 0 Å². The zero-order valence-corrected chi connectivity index (χ0v) is 17.7. The molecule has 0 spiro atoms. The lowest BCUT2D eigenvalue weighted by molar-refractivity contribution is -0.139. The molecule has 2 aromatic rings. The Morgan fingerprint density at radius 2 is 1.57 bits per heavy atom. The minimum absolute atomic E-state index is 0.262. The molecule has 1 atom stereocenters. The Kier molecular flexibility index (Phi) is 6.52. The quantitative estimate of drug-likeness (QED) is 0.679. The van der Waals surface area contributed by atoms with Gasteiger partial charge in [0.05, 0.1) is 0 Å². The van der Waals surface area contributed by atoms with Gasteiger partial charge in [-0.15, -0.1) is 0 Å². The second-order valence-electron chi connectivity index (χ2n) is 7.92. The van der Waals surface area contributed by atoms with Gasteiger partial charge < -0.3 is 15.1 Å². The Bertz CT molecular complexity index is 901. The first-order valence-electron chi connectivity index (χ1n) is 9.97. The molecule has 0 aliphatic carbocycles. The molecule has 4 amide bonds. The summed E-state index contributed by atoms with van der Waals surface area (Å²) in [5.41, 5.74) is 0.509. The van der Waals surface area contributed by atoms with E-state index in [1.807, 2.05) is 67.5 Å². The molecule has 158 valence electrons. The second-order valence-corrected chi connectivity index (χ2v) is 7.92. The molecule has 30 heavy (non-hydrogen) atoms. The SMILES string of the molecule is CN(C)CCN(Cc1ccccc1)C(=O)CN1C(=O)NC(C)(c2ccccc2)C1=O. The van der Waals surface area contributed by atoms with Crippen LogP contribution in [0, 0.1) is 0 Å². The molecule has 1 saturated heterocycles. The molecule has 0 radical (unpaired) electrons. The number of likely N-dealkylation sites (N-methyl/N-ethyl adjacent to an activating group) is 1. The van der Waals surface area contributed by atoms with Crippen LogP contribution in [0.2, 0.25) is 0 Å². The van der Waals surface area contributed by atoms with Gasteiger partial charge in [-0.2, -0.15) is 0 Å². The first-order chi connectivity index (χ1) is 14.3. The summed E-state index contributed by atoms with van der Waals surface area (Å²) in [6.07, 6.45) is 0. The second kappa shape index (κ2) is 9.09. The molecule has 0 saturated carbocycles. The highest BCUT2D eigenvalue weighted by Gasteiger charge is 2.49. The minimum Gasteiger partial charge on any atom is -0.336 e. The van der Waals surface area contributed by atoms with Gasteiger partial charge in [-0.3, -0.25) is 14.5 Å². The standard InChI is InChI=1S/C23H28N4O3/c1-23(19-12-8-5-9-13-19)21(29)27(22(30)24-23)17-20(28)26(15-14-25(2)3)16-18-10-6-4-7-11-18/h4-13H,14-17H2,1-3H3,(H,24,30). The fourth-order valence-corrected chi connectivity index (χ4v) is 3.46. The van der Waals surface area contributed by atoms with Crippen LogP contribution in [-0.4, -0.2) is 66.3 Å². The first-order valence-corrected chi connectivity index (χ1v) is 9.97. The van der Waals surface area contributed by atoms with Gasteiger partial charge in [0.2, 0.25) is 5.91 Å². The van der Waals surface area contributed by atoms with Gasteiger partial charge in [-0.25, -0.2) is 4.79 Å². The number of urea groups is 1. The fraction of sp³-hybridized carbons (Fsp3) is 0.348. The van der Waals surface area contributed by atoms with E-state index in [9.17, 15) is 14.4 Å². The van der Waals surface area contributed by atoms with E-state index < -0.39 is 17.5 Å². The topological polar surface area (TPSA) is 73.0 Å². The fourth-order valence-electron chi connectivity index (χ4n) is 3.46. The van der Waals surface area contributed by atoms with Crippen molar-refractivity contribution in [3.05, 3.63) is 71.8 Å². The number of carbonyl (C=O) groups excluding carboxylic acids is 3. The van der Waals surface area contributed by atoms with Crippen LogP contribution >= 0.6 is 0 Å². The number of hydrogen-bond acceptors (Lipinski definition) is 4. The Morgan fingerprint density at radius 1 is 0.967 bits per heavy atom. The van der Waals surface area contributed by atoms with Crippen molar-refractivity contribution in [2.24, 2.45) is 0 Å². The van der Waals surface area contributed by atoms with Crippen molar-refractivity contribution in [3.8, 4) is 0 Å². The average molecular weight is 409 g/mol. The number of imide groups is 1. The highest BCUT2D eigenvalue weighted by atomic mass is 16.2. The Morgan fingerprint density at radius 3 is 2.17 bits per heavy atom. The summed E-state index contributed by atoms with van der Waals surface area (Å²) in [4.78, 5) is 43.4. The summed E-state index contributed by atoms with van der Waals surface area (Å²) in [7, 11) is 3.88. The van der Waals surface area contributed by atoms with Gasteiger partial charge in [0, 0.05) is 19.6 Å². The van der Waals surface area contributed by atoms with Crippen LogP contribution in [0.5, 0.6) is 0 Å². The molecule has 1 aliphatic heterocycles. The van der Waals surface area contributed by atoms with Crippen molar-refractivity contribution >= 4 is 17.8 Å². The number of rotatable bonds is 8. The van der Waals surface area contributed by atoms with E-state index in [0.717, 1.165) is 10.5 Å². The van der Waals surface area contributed by atoms with Crippen LogP contribution in [-0.2, 0) is 21.7 Å². The summed E-state index contributed by atoms with van der Waals surface area (Å²) in [5.74, 6) is -0.680. The molecule has 3 rings (SSSR count). The first kappa shape index (κ1) is 21.5. The lowest BCUT2D eigenvalue weighted by Gasteiger charge is -2.26. The van der Waals surface area contributed by atoms with Crippen LogP contribution in [0.25, 0.3) is 0 Å². The Balaban J connectivity index is 1.75. The largest absolute Gasteiger partial charge is 0.336 e. The van der Waals surface area contributed by atoms with Crippen molar-refractivity contribution in [2.45, 2.75) is 19.0 Å². The summed E-state index contributed by atoms with van der Waals surface area (Å²) in [5, 5.41) is 2.75. The van der Waals surface area contributed by atoms with Crippen molar-refractivity contribution in [1.82, 2.24) is 20.0 Å². The summed E-state index contributed by atoms with van der Waals surface area (Å²) < 4.78 is 0.